The van der Waals surface area contributed by atoms with E-state index in [4.69, 9.17) is 17.3 Å². The summed E-state index contributed by atoms with van der Waals surface area (Å²) in [7, 11) is 0. The minimum atomic E-state index is 0.245. The first-order valence-electron chi connectivity index (χ1n) is 6.65. The molecule has 1 saturated heterocycles. The molecule has 1 aromatic carbocycles. The summed E-state index contributed by atoms with van der Waals surface area (Å²) < 4.78 is 0. The molecule has 19 heavy (non-hydrogen) atoms. The molecule has 104 valence electrons. The maximum Gasteiger partial charge on any atom is 0.191 e. The molecule has 0 radical (unpaired) electrons. The van der Waals surface area contributed by atoms with Crippen molar-refractivity contribution >= 4 is 23.2 Å². The van der Waals surface area contributed by atoms with E-state index in [9.17, 15) is 0 Å². The molecule has 0 bridgehead atoms. The van der Waals surface area contributed by atoms with Crippen molar-refractivity contribution in [1.29, 1.82) is 0 Å². The Kier molecular flexibility index (Phi) is 4.53. The molecule has 2 N–H and O–H groups in total. The van der Waals surface area contributed by atoms with Crippen LogP contribution in [0.15, 0.2) is 29.3 Å². The van der Waals surface area contributed by atoms with E-state index in [0.29, 0.717) is 5.96 Å². The van der Waals surface area contributed by atoms with Crippen LogP contribution in [0, 0.1) is 0 Å². The van der Waals surface area contributed by atoms with Gasteiger partial charge >= 0.3 is 0 Å². The van der Waals surface area contributed by atoms with Crippen molar-refractivity contribution in [2.75, 3.05) is 31.1 Å². The molecule has 0 atom stereocenters. The van der Waals surface area contributed by atoms with Gasteiger partial charge in [-0.15, -0.1) is 0 Å². The molecule has 1 fully saturated rings. The molecule has 2 rings (SSSR count). The molecule has 0 saturated carbocycles. The average molecular weight is 281 g/mol. The lowest BCUT2D eigenvalue weighted by Crippen LogP contribution is -2.51. The average Bonchev–Trinajstić information content (AvgIpc) is 2.39. The SMILES string of the molecule is CC(C)N=C(N)N1CCN(c2ccc(Cl)cc2)CC1. The topological polar surface area (TPSA) is 44.9 Å². The Labute approximate surface area is 119 Å². The molecule has 0 aromatic heterocycles. The van der Waals surface area contributed by atoms with Crippen LogP contribution in [0.1, 0.15) is 13.8 Å². The third kappa shape index (κ3) is 3.77. The minimum absolute atomic E-state index is 0.245. The summed E-state index contributed by atoms with van der Waals surface area (Å²) in [4.78, 5) is 8.88. The van der Waals surface area contributed by atoms with Gasteiger partial charge in [0.15, 0.2) is 5.96 Å². The number of nitrogens with two attached hydrogens (primary N) is 1. The molecule has 1 aliphatic rings. The van der Waals surface area contributed by atoms with Gasteiger partial charge in [-0.05, 0) is 38.1 Å². The van der Waals surface area contributed by atoms with E-state index in [1.807, 2.05) is 26.0 Å². The van der Waals surface area contributed by atoms with E-state index in [1.54, 1.807) is 0 Å². The number of guanidine groups is 1. The predicted octanol–water partition coefficient (Wildman–Crippen LogP) is 2.19. The smallest absolute Gasteiger partial charge is 0.191 e. The quantitative estimate of drug-likeness (QED) is 0.667. The van der Waals surface area contributed by atoms with Crippen LogP contribution in [0.25, 0.3) is 0 Å². The first-order valence-corrected chi connectivity index (χ1v) is 7.03. The summed E-state index contributed by atoms with van der Waals surface area (Å²) in [6.07, 6.45) is 0. The Hall–Kier alpha value is -1.42. The van der Waals surface area contributed by atoms with Crippen LogP contribution >= 0.6 is 11.6 Å². The zero-order valence-corrected chi connectivity index (χ0v) is 12.3. The zero-order valence-electron chi connectivity index (χ0n) is 11.5. The first kappa shape index (κ1) is 14.0. The first-order chi connectivity index (χ1) is 9.06. The van der Waals surface area contributed by atoms with Crippen LogP contribution in [0.2, 0.25) is 5.02 Å². The lowest BCUT2D eigenvalue weighted by atomic mass is 10.2. The van der Waals surface area contributed by atoms with Gasteiger partial charge in [-0.2, -0.15) is 0 Å². The summed E-state index contributed by atoms with van der Waals surface area (Å²) >= 11 is 5.90. The summed E-state index contributed by atoms with van der Waals surface area (Å²) in [6, 6.07) is 8.22. The van der Waals surface area contributed by atoms with Crippen molar-refractivity contribution in [1.82, 2.24) is 4.90 Å². The number of nitrogens with zero attached hydrogens (tertiary/aromatic N) is 3. The summed E-state index contributed by atoms with van der Waals surface area (Å²) in [5.41, 5.74) is 7.20. The second-order valence-corrected chi connectivity index (χ2v) is 5.47. The monoisotopic (exact) mass is 280 g/mol. The number of anilines is 1. The standard InChI is InChI=1S/C14H21ClN4/c1-11(2)17-14(16)19-9-7-18(8-10-19)13-5-3-12(15)4-6-13/h3-6,11H,7-10H2,1-2H3,(H2,16,17). The minimum Gasteiger partial charge on any atom is -0.370 e. The van der Waals surface area contributed by atoms with Gasteiger partial charge in [0.2, 0.25) is 0 Å². The highest BCUT2D eigenvalue weighted by atomic mass is 35.5. The van der Waals surface area contributed by atoms with Crippen LogP contribution in [-0.4, -0.2) is 43.1 Å². The van der Waals surface area contributed by atoms with Crippen LogP contribution in [-0.2, 0) is 0 Å². The fourth-order valence-corrected chi connectivity index (χ4v) is 2.32. The van der Waals surface area contributed by atoms with Crippen LogP contribution < -0.4 is 10.6 Å². The number of hydrogen-bond donors (Lipinski definition) is 1. The molecule has 4 nitrogen and oxygen atoms in total. The highest BCUT2D eigenvalue weighted by Crippen LogP contribution is 2.19. The number of benzene rings is 1. The molecule has 1 heterocycles. The molecule has 1 aliphatic heterocycles. The molecule has 1 aromatic rings. The lowest BCUT2D eigenvalue weighted by Gasteiger charge is -2.36. The number of piperazine rings is 1. The summed E-state index contributed by atoms with van der Waals surface area (Å²) in [6.45, 7) is 7.80. The van der Waals surface area contributed by atoms with Crippen molar-refractivity contribution in [3.63, 3.8) is 0 Å². The predicted molar refractivity (Wildman–Crippen MR) is 82.0 cm³/mol. The van der Waals surface area contributed by atoms with Crippen LogP contribution in [0.4, 0.5) is 5.69 Å². The van der Waals surface area contributed by atoms with Crippen molar-refractivity contribution < 1.29 is 0 Å². The Balaban J connectivity index is 1.94. The van der Waals surface area contributed by atoms with Gasteiger partial charge < -0.3 is 15.5 Å². The van der Waals surface area contributed by atoms with Gasteiger partial charge in [0.05, 0.1) is 0 Å². The maximum atomic E-state index is 5.99. The fraction of sp³-hybridized carbons (Fsp3) is 0.500. The van der Waals surface area contributed by atoms with Crippen molar-refractivity contribution in [3.8, 4) is 0 Å². The van der Waals surface area contributed by atoms with Gasteiger partial charge in [-0.3, -0.25) is 4.99 Å². The van der Waals surface area contributed by atoms with Crippen LogP contribution in [0.5, 0.6) is 0 Å². The lowest BCUT2D eigenvalue weighted by molar-refractivity contribution is 0.379. The maximum absolute atomic E-state index is 5.99. The number of aliphatic imine (C=N–C) groups is 1. The van der Waals surface area contributed by atoms with E-state index in [2.05, 4.69) is 26.9 Å². The van der Waals surface area contributed by atoms with Gasteiger partial charge in [0.25, 0.3) is 0 Å². The molecule has 0 aliphatic carbocycles. The molecule has 0 amide bonds. The second-order valence-electron chi connectivity index (χ2n) is 5.03. The number of halogens is 1. The van der Waals surface area contributed by atoms with Gasteiger partial charge in [0.1, 0.15) is 0 Å². The molecule has 0 spiro atoms. The van der Waals surface area contributed by atoms with E-state index >= 15 is 0 Å². The van der Waals surface area contributed by atoms with Crippen LogP contribution in [0.3, 0.4) is 0 Å². The normalized spacial score (nSPS) is 17.2. The highest BCUT2D eigenvalue weighted by molar-refractivity contribution is 6.30. The van der Waals surface area contributed by atoms with Crippen molar-refractivity contribution in [2.45, 2.75) is 19.9 Å². The summed E-state index contributed by atoms with van der Waals surface area (Å²) in [5, 5.41) is 0.774. The van der Waals surface area contributed by atoms with Gasteiger partial charge in [-0.25, -0.2) is 0 Å². The Morgan fingerprint density at radius 3 is 2.26 bits per heavy atom. The second kappa shape index (κ2) is 6.15. The molecular formula is C14H21ClN4. The van der Waals surface area contributed by atoms with E-state index in [1.165, 1.54) is 5.69 Å². The summed E-state index contributed by atoms with van der Waals surface area (Å²) in [5.74, 6) is 0.658. The Bertz CT molecular complexity index is 433. The zero-order chi connectivity index (χ0) is 13.8. The van der Waals surface area contributed by atoms with Gasteiger partial charge in [-0.1, -0.05) is 11.6 Å². The fourth-order valence-electron chi connectivity index (χ4n) is 2.19. The number of hydrogen-bond acceptors (Lipinski definition) is 2. The third-order valence-electron chi connectivity index (χ3n) is 3.19. The van der Waals surface area contributed by atoms with Crippen molar-refractivity contribution in [2.24, 2.45) is 10.7 Å². The number of rotatable bonds is 2. The molecule has 5 heteroatoms. The Morgan fingerprint density at radius 1 is 1.16 bits per heavy atom. The molecule has 0 unspecified atom stereocenters. The van der Waals surface area contributed by atoms with Crippen molar-refractivity contribution in [3.05, 3.63) is 29.3 Å². The third-order valence-corrected chi connectivity index (χ3v) is 3.44. The highest BCUT2D eigenvalue weighted by Gasteiger charge is 2.18. The van der Waals surface area contributed by atoms with E-state index in [-0.39, 0.29) is 6.04 Å². The largest absolute Gasteiger partial charge is 0.370 e. The molecular weight excluding hydrogens is 260 g/mol. The Morgan fingerprint density at radius 2 is 1.74 bits per heavy atom. The van der Waals surface area contributed by atoms with Gasteiger partial charge in [0, 0.05) is 42.9 Å². The van der Waals surface area contributed by atoms with E-state index in [0.717, 1.165) is 31.2 Å². The van der Waals surface area contributed by atoms with E-state index < -0.39 is 0 Å².